The average molecular weight is 392 g/mol. The smallest absolute Gasteiger partial charge is 0.396 e. The van der Waals surface area contributed by atoms with Crippen LogP contribution in [0.2, 0.25) is 0 Å². The Hall–Kier alpha value is -3.15. The van der Waals surface area contributed by atoms with Gasteiger partial charge >= 0.3 is 6.18 Å². The van der Waals surface area contributed by atoms with Crippen LogP contribution in [0, 0.1) is 0 Å². The number of halogens is 3. The molecule has 0 aliphatic heterocycles. The summed E-state index contributed by atoms with van der Waals surface area (Å²) in [4.78, 5) is 27.2. The standard InChI is InChI=1S/C15H13F3N7OSi/c16-15(17,18)5-22-13(26)14(27)25-12-9(19)1-2-10(24-12)7-4-21-11-8(7)3-20-6-23-11/h1-4,6,14H,5,19H2,(H,22,26)(H,24,25)(H,20,21,23)/t14-/m0/s1. The minimum atomic E-state index is -4.50. The molecule has 0 aliphatic rings. The van der Waals surface area contributed by atoms with Crippen LogP contribution in [-0.2, 0) is 4.79 Å². The molecule has 3 rings (SSSR count). The first-order chi connectivity index (χ1) is 12.7. The van der Waals surface area contributed by atoms with Gasteiger partial charge in [-0.1, -0.05) is 0 Å². The van der Waals surface area contributed by atoms with Gasteiger partial charge in [0.25, 0.3) is 0 Å². The molecule has 3 aromatic rings. The zero-order valence-electron chi connectivity index (χ0n) is 13.6. The van der Waals surface area contributed by atoms with Crippen molar-refractivity contribution in [1.29, 1.82) is 0 Å². The van der Waals surface area contributed by atoms with E-state index in [-0.39, 0.29) is 11.5 Å². The monoisotopic (exact) mass is 392 g/mol. The number of fused-ring (bicyclic) bond motifs is 1. The molecule has 0 spiro atoms. The highest BCUT2D eigenvalue weighted by molar-refractivity contribution is 6.25. The first-order valence-electron chi connectivity index (χ1n) is 7.61. The Morgan fingerprint density at radius 1 is 1.37 bits per heavy atom. The highest BCUT2D eigenvalue weighted by Crippen LogP contribution is 2.28. The predicted octanol–water partition coefficient (Wildman–Crippen LogP) is 1.19. The molecular weight excluding hydrogens is 379 g/mol. The van der Waals surface area contributed by atoms with E-state index in [9.17, 15) is 18.0 Å². The number of nitrogens with two attached hydrogens (primary N) is 1. The van der Waals surface area contributed by atoms with Gasteiger partial charge in [-0.2, -0.15) is 13.2 Å². The minimum Gasteiger partial charge on any atom is -0.396 e. The van der Waals surface area contributed by atoms with Gasteiger partial charge in [0.2, 0.25) is 5.91 Å². The number of rotatable bonds is 5. The molecule has 8 nitrogen and oxygen atoms in total. The topological polar surface area (TPSA) is 122 Å². The van der Waals surface area contributed by atoms with Gasteiger partial charge in [0.05, 0.1) is 27.3 Å². The second-order valence-electron chi connectivity index (χ2n) is 5.53. The molecule has 139 valence electrons. The molecule has 0 aromatic carbocycles. The molecule has 3 heterocycles. The first-order valence-corrected chi connectivity index (χ1v) is 8.18. The number of nitrogen functional groups attached to an aromatic ring is 1. The van der Waals surface area contributed by atoms with E-state index >= 15 is 0 Å². The number of anilines is 2. The second-order valence-corrected chi connectivity index (χ2v) is 6.11. The van der Waals surface area contributed by atoms with Crippen molar-refractivity contribution in [3.63, 3.8) is 0 Å². The molecular formula is C15H13F3N7OSi. The quantitative estimate of drug-likeness (QED) is 0.484. The lowest BCUT2D eigenvalue weighted by Crippen LogP contribution is -2.44. The zero-order chi connectivity index (χ0) is 19.6. The van der Waals surface area contributed by atoms with Crippen molar-refractivity contribution in [3.05, 3.63) is 30.9 Å². The van der Waals surface area contributed by atoms with E-state index in [2.05, 4.69) is 35.5 Å². The Morgan fingerprint density at radius 3 is 2.89 bits per heavy atom. The van der Waals surface area contributed by atoms with Gasteiger partial charge in [0.1, 0.15) is 24.3 Å². The summed E-state index contributed by atoms with van der Waals surface area (Å²) in [5.41, 5.74) is 6.76. The van der Waals surface area contributed by atoms with Gasteiger partial charge in [-0.3, -0.25) is 4.79 Å². The lowest BCUT2D eigenvalue weighted by molar-refractivity contribution is -0.137. The Balaban J connectivity index is 1.80. The summed E-state index contributed by atoms with van der Waals surface area (Å²) in [6, 6.07) is 3.24. The molecule has 12 heteroatoms. The van der Waals surface area contributed by atoms with Crippen LogP contribution in [0.15, 0.2) is 30.9 Å². The van der Waals surface area contributed by atoms with E-state index < -0.39 is 24.3 Å². The van der Waals surface area contributed by atoms with E-state index in [1.54, 1.807) is 29.8 Å². The molecule has 27 heavy (non-hydrogen) atoms. The third-order valence-corrected chi connectivity index (χ3v) is 3.97. The molecule has 0 unspecified atom stereocenters. The summed E-state index contributed by atoms with van der Waals surface area (Å²) >= 11 is 0. The zero-order valence-corrected chi connectivity index (χ0v) is 14.6. The van der Waals surface area contributed by atoms with Crippen molar-refractivity contribution in [2.45, 2.75) is 11.8 Å². The van der Waals surface area contributed by atoms with Crippen molar-refractivity contribution < 1.29 is 18.0 Å². The minimum absolute atomic E-state index is 0.140. The summed E-state index contributed by atoms with van der Waals surface area (Å²) in [5, 5.41) is 5.15. The normalized spacial score (nSPS) is 12.7. The lowest BCUT2D eigenvalue weighted by Gasteiger charge is -2.17. The van der Waals surface area contributed by atoms with Crippen molar-refractivity contribution in [2.24, 2.45) is 0 Å². The average Bonchev–Trinajstić information content (AvgIpc) is 3.05. The van der Waals surface area contributed by atoms with Crippen molar-refractivity contribution >= 4 is 38.7 Å². The predicted molar refractivity (Wildman–Crippen MR) is 93.8 cm³/mol. The van der Waals surface area contributed by atoms with E-state index in [0.717, 1.165) is 5.39 Å². The second kappa shape index (κ2) is 7.23. The Labute approximate surface area is 154 Å². The highest BCUT2D eigenvalue weighted by Gasteiger charge is 2.28. The Kier molecular flexibility index (Phi) is 4.99. The van der Waals surface area contributed by atoms with E-state index in [1.165, 1.54) is 6.33 Å². The molecule has 5 N–H and O–H groups in total. The lowest BCUT2D eigenvalue weighted by atomic mass is 10.1. The maximum atomic E-state index is 12.2. The SMILES string of the molecule is Nc1ccc(-c2c[nH]c3ncncc23)nc1N[C@@H]([Si])C(=O)NCC(F)(F)F. The van der Waals surface area contributed by atoms with Crippen LogP contribution in [-0.4, -0.2) is 54.5 Å². The van der Waals surface area contributed by atoms with Crippen LogP contribution in [0.1, 0.15) is 0 Å². The van der Waals surface area contributed by atoms with Gasteiger partial charge in [0.15, 0.2) is 0 Å². The summed E-state index contributed by atoms with van der Waals surface area (Å²) in [7, 11) is 3.04. The fourth-order valence-electron chi connectivity index (χ4n) is 2.30. The summed E-state index contributed by atoms with van der Waals surface area (Å²) in [5.74, 6) is -0.767. The largest absolute Gasteiger partial charge is 0.405 e. The van der Waals surface area contributed by atoms with Crippen LogP contribution < -0.4 is 16.4 Å². The van der Waals surface area contributed by atoms with Crippen LogP contribution in [0.5, 0.6) is 0 Å². The number of nitrogens with one attached hydrogen (secondary N) is 3. The number of hydrogen-bond donors (Lipinski definition) is 4. The summed E-state index contributed by atoms with van der Waals surface area (Å²) < 4.78 is 36.6. The number of amides is 1. The molecule has 3 aromatic heterocycles. The molecule has 3 radical (unpaired) electrons. The number of carbonyl (C=O) groups is 1. The number of carbonyl (C=O) groups excluding carboxylic acids is 1. The molecule has 0 saturated carbocycles. The number of hydrogen-bond acceptors (Lipinski definition) is 6. The molecule has 1 amide bonds. The number of aromatic nitrogens is 4. The van der Waals surface area contributed by atoms with Crippen molar-refractivity contribution in [3.8, 4) is 11.3 Å². The molecule has 0 saturated heterocycles. The first kappa shape index (κ1) is 18.6. The Bertz CT molecular complexity index is 975. The number of alkyl halides is 3. The summed E-state index contributed by atoms with van der Waals surface area (Å²) in [6.07, 6.45) is 0.219. The van der Waals surface area contributed by atoms with E-state index in [4.69, 9.17) is 5.73 Å². The fourth-order valence-corrected chi connectivity index (χ4v) is 2.54. The molecule has 0 bridgehead atoms. The van der Waals surface area contributed by atoms with Gasteiger partial charge in [-0.25, -0.2) is 15.0 Å². The van der Waals surface area contributed by atoms with Gasteiger partial charge in [0, 0.05) is 23.3 Å². The molecule has 1 atom stereocenters. The van der Waals surface area contributed by atoms with Gasteiger partial charge in [-0.05, 0) is 12.1 Å². The van der Waals surface area contributed by atoms with Crippen molar-refractivity contribution in [2.75, 3.05) is 17.6 Å². The fraction of sp³-hybridized carbons (Fsp3) is 0.200. The number of H-pyrrole nitrogens is 1. The van der Waals surface area contributed by atoms with Crippen LogP contribution in [0.4, 0.5) is 24.7 Å². The van der Waals surface area contributed by atoms with Gasteiger partial charge < -0.3 is 21.4 Å². The maximum Gasteiger partial charge on any atom is 0.405 e. The van der Waals surface area contributed by atoms with Crippen LogP contribution in [0.3, 0.4) is 0 Å². The Morgan fingerprint density at radius 2 is 2.15 bits per heavy atom. The van der Waals surface area contributed by atoms with Crippen LogP contribution >= 0.6 is 0 Å². The van der Waals surface area contributed by atoms with E-state index in [1.807, 2.05) is 0 Å². The van der Waals surface area contributed by atoms with Crippen LogP contribution in [0.25, 0.3) is 22.3 Å². The third-order valence-electron chi connectivity index (χ3n) is 3.56. The number of nitrogens with zero attached hydrogens (tertiary/aromatic N) is 3. The molecule has 0 fully saturated rings. The van der Waals surface area contributed by atoms with Gasteiger partial charge in [-0.15, -0.1) is 0 Å². The molecule has 0 aliphatic carbocycles. The number of pyridine rings is 1. The van der Waals surface area contributed by atoms with E-state index in [0.29, 0.717) is 16.9 Å². The number of aromatic amines is 1. The highest BCUT2D eigenvalue weighted by atomic mass is 28.1. The van der Waals surface area contributed by atoms with Crippen molar-refractivity contribution in [1.82, 2.24) is 25.3 Å². The summed E-state index contributed by atoms with van der Waals surface area (Å²) in [6.45, 7) is -1.44. The maximum absolute atomic E-state index is 12.2. The third kappa shape index (κ3) is 4.34.